The minimum Gasteiger partial charge on any atom is -0.480 e. The summed E-state index contributed by atoms with van der Waals surface area (Å²) in [5, 5.41) is 11.8. The van der Waals surface area contributed by atoms with Crippen LogP contribution in [0.5, 0.6) is 0 Å². The van der Waals surface area contributed by atoms with Crippen LogP contribution in [-0.2, 0) is 4.79 Å². The van der Waals surface area contributed by atoms with Gasteiger partial charge in [0.1, 0.15) is 10.6 Å². The van der Waals surface area contributed by atoms with Crippen LogP contribution in [0.3, 0.4) is 0 Å². The van der Waals surface area contributed by atoms with E-state index in [9.17, 15) is 4.79 Å². The van der Waals surface area contributed by atoms with Crippen LogP contribution in [0.15, 0.2) is 23.5 Å². The fourth-order valence-corrected chi connectivity index (χ4v) is 1.07. The number of rotatable bonds is 1. The molecule has 60 valence electrons. The normalized spacial score (nSPS) is 29.1. The van der Waals surface area contributed by atoms with Gasteiger partial charge in [0.15, 0.2) is 0 Å². The quantitative estimate of drug-likeness (QED) is 0.588. The summed E-state index contributed by atoms with van der Waals surface area (Å²) in [6, 6.07) is 0. The fourth-order valence-electron chi connectivity index (χ4n) is 0.780. The highest BCUT2D eigenvalue weighted by molar-refractivity contribution is 6.29. The molecule has 11 heavy (non-hydrogen) atoms. The van der Waals surface area contributed by atoms with Crippen LogP contribution in [0.4, 0.5) is 0 Å². The molecule has 1 atom stereocenters. The van der Waals surface area contributed by atoms with Crippen molar-refractivity contribution in [2.75, 3.05) is 0 Å². The molecule has 2 N–H and O–H groups in total. The number of carboxylic acid groups (broad SMARTS) is 1. The number of carboxylic acids is 1. The van der Waals surface area contributed by atoms with Gasteiger partial charge in [0, 0.05) is 0 Å². The van der Waals surface area contributed by atoms with Gasteiger partial charge in [0.25, 0.3) is 0 Å². The second-order valence-electron chi connectivity index (χ2n) is 2.56. The van der Waals surface area contributed by atoms with E-state index in [1.165, 1.54) is 12.3 Å². The van der Waals surface area contributed by atoms with Crippen LogP contribution < -0.4 is 5.32 Å². The molecule has 1 unspecified atom stereocenters. The molecule has 0 radical (unpaired) electrons. The van der Waals surface area contributed by atoms with Crippen molar-refractivity contribution in [1.82, 2.24) is 5.32 Å². The smallest absolute Gasteiger partial charge is 0.317 e. The molecule has 4 heteroatoms. The van der Waals surface area contributed by atoms with Gasteiger partial charge in [-0.1, -0.05) is 11.6 Å². The second kappa shape index (κ2) is 2.58. The highest BCUT2D eigenvalue weighted by Crippen LogP contribution is 2.25. The first-order valence-corrected chi connectivity index (χ1v) is 3.48. The first-order chi connectivity index (χ1) is 5.04. The van der Waals surface area contributed by atoms with Crippen molar-refractivity contribution in [3.8, 4) is 0 Å². The highest BCUT2D eigenvalue weighted by Gasteiger charge is 2.29. The molecule has 0 aromatic heterocycles. The molecule has 0 spiro atoms. The van der Waals surface area contributed by atoms with Gasteiger partial charge in [0.05, 0.1) is 0 Å². The van der Waals surface area contributed by atoms with Crippen molar-refractivity contribution in [2.24, 2.45) is 5.41 Å². The molecular weight excluding hydrogens is 166 g/mol. The number of hydrogen-bond acceptors (Lipinski definition) is 2. The van der Waals surface area contributed by atoms with Crippen LogP contribution in [0, 0.1) is 5.41 Å². The number of nitrogens with one attached hydrogen (secondary N) is 1. The van der Waals surface area contributed by atoms with E-state index in [1.807, 2.05) is 0 Å². The standard InChI is InChI=1S/C7H8ClNO2/c1-7(6(10)11)2-3-9-5(8)4-7/h2-4,9H,1H3,(H,10,11). The molecular formula is C7H8ClNO2. The molecule has 0 aliphatic carbocycles. The number of aliphatic carboxylic acids is 1. The van der Waals surface area contributed by atoms with Gasteiger partial charge in [-0.15, -0.1) is 0 Å². The molecule has 0 saturated heterocycles. The van der Waals surface area contributed by atoms with E-state index in [1.54, 1.807) is 13.0 Å². The first-order valence-electron chi connectivity index (χ1n) is 3.10. The van der Waals surface area contributed by atoms with E-state index < -0.39 is 11.4 Å². The number of hydrogen-bond donors (Lipinski definition) is 2. The predicted molar refractivity (Wildman–Crippen MR) is 42.0 cm³/mol. The van der Waals surface area contributed by atoms with Crippen LogP contribution >= 0.6 is 11.6 Å². The van der Waals surface area contributed by atoms with Crippen molar-refractivity contribution >= 4 is 17.6 Å². The Labute approximate surface area is 69.4 Å². The number of halogens is 1. The molecule has 0 aromatic carbocycles. The summed E-state index contributed by atoms with van der Waals surface area (Å²) in [6.07, 6.45) is 4.52. The largest absolute Gasteiger partial charge is 0.480 e. The lowest BCUT2D eigenvalue weighted by atomic mass is 9.90. The van der Waals surface area contributed by atoms with Gasteiger partial charge in [-0.25, -0.2) is 0 Å². The molecule has 0 saturated carbocycles. The lowest BCUT2D eigenvalue weighted by Crippen LogP contribution is -2.27. The zero-order chi connectivity index (χ0) is 8.48. The Morgan fingerprint density at radius 3 is 2.82 bits per heavy atom. The summed E-state index contributed by atoms with van der Waals surface area (Å²) in [4.78, 5) is 10.6. The van der Waals surface area contributed by atoms with Gasteiger partial charge < -0.3 is 10.4 Å². The Kier molecular flexibility index (Phi) is 1.91. The van der Waals surface area contributed by atoms with E-state index in [0.717, 1.165) is 0 Å². The zero-order valence-corrected chi connectivity index (χ0v) is 6.72. The van der Waals surface area contributed by atoms with Gasteiger partial charge in [-0.05, 0) is 25.3 Å². The number of carbonyl (C=O) groups is 1. The Balaban J connectivity index is 2.94. The first kappa shape index (κ1) is 8.14. The molecule has 0 amide bonds. The van der Waals surface area contributed by atoms with Crippen LogP contribution in [0.1, 0.15) is 6.92 Å². The lowest BCUT2D eigenvalue weighted by molar-refractivity contribution is -0.142. The van der Waals surface area contributed by atoms with Crippen LogP contribution in [0.2, 0.25) is 0 Å². The van der Waals surface area contributed by atoms with Gasteiger partial charge in [-0.2, -0.15) is 0 Å². The highest BCUT2D eigenvalue weighted by atomic mass is 35.5. The van der Waals surface area contributed by atoms with Crippen molar-refractivity contribution in [3.05, 3.63) is 23.5 Å². The topological polar surface area (TPSA) is 49.3 Å². The molecule has 3 nitrogen and oxygen atoms in total. The Morgan fingerprint density at radius 2 is 2.45 bits per heavy atom. The summed E-state index contributed by atoms with van der Waals surface area (Å²) in [7, 11) is 0. The van der Waals surface area contributed by atoms with Crippen LogP contribution in [-0.4, -0.2) is 11.1 Å². The lowest BCUT2D eigenvalue weighted by Gasteiger charge is -2.20. The molecule has 0 aromatic rings. The molecule has 1 heterocycles. The molecule has 0 bridgehead atoms. The van der Waals surface area contributed by atoms with E-state index in [-0.39, 0.29) is 0 Å². The van der Waals surface area contributed by atoms with E-state index in [2.05, 4.69) is 5.32 Å². The average Bonchev–Trinajstić information content (AvgIpc) is 1.86. The summed E-state index contributed by atoms with van der Waals surface area (Å²) in [5.74, 6) is -0.909. The Morgan fingerprint density at radius 1 is 1.82 bits per heavy atom. The summed E-state index contributed by atoms with van der Waals surface area (Å²) in [6.45, 7) is 1.58. The Hall–Kier alpha value is -0.960. The Bertz CT molecular complexity index is 247. The van der Waals surface area contributed by atoms with Gasteiger partial charge in [0.2, 0.25) is 0 Å². The maximum Gasteiger partial charge on any atom is 0.317 e. The van der Waals surface area contributed by atoms with Crippen molar-refractivity contribution in [3.63, 3.8) is 0 Å². The second-order valence-corrected chi connectivity index (χ2v) is 2.96. The van der Waals surface area contributed by atoms with E-state index >= 15 is 0 Å². The minimum absolute atomic E-state index is 0.345. The van der Waals surface area contributed by atoms with Crippen molar-refractivity contribution < 1.29 is 9.90 Å². The molecule has 1 aliphatic heterocycles. The zero-order valence-electron chi connectivity index (χ0n) is 5.97. The van der Waals surface area contributed by atoms with E-state index in [4.69, 9.17) is 16.7 Å². The SMILES string of the molecule is CC1(C(=O)O)C=CNC(Cl)=C1. The van der Waals surface area contributed by atoms with Gasteiger partial charge in [-0.3, -0.25) is 4.79 Å². The number of dihydropyridines is 1. The predicted octanol–water partition coefficient (Wildman–Crippen LogP) is 1.27. The maximum absolute atomic E-state index is 10.6. The molecule has 1 rings (SSSR count). The maximum atomic E-state index is 10.6. The third-order valence-corrected chi connectivity index (χ3v) is 1.76. The third-order valence-electron chi connectivity index (χ3n) is 1.54. The third kappa shape index (κ3) is 1.54. The monoisotopic (exact) mass is 173 g/mol. The summed E-state index contributed by atoms with van der Waals surface area (Å²) >= 11 is 5.58. The van der Waals surface area contributed by atoms with Crippen molar-refractivity contribution in [2.45, 2.75) is 6.92 Å². The van der Waals surface area contributed by atoms with Crippen LogP contribution in [0.25, 0.3) is 0 Å². The van der Waals surface area contributed by atoms with Gasteiger partial charge >= 0.3 is 5.97 Å². The van der Waals surface area contributed by atoms with E-state index in [0.29, 0.717) is 5.16 Å². The molecule has 0 fully saturated rings. The summed E-state index contributed by atoms with van der Waals surface area (Å²) in [5.41, 5.74) is -0.970. The van der Waals surface area contributed by atoms with Crippen molar-refractivity contribution in [1.29, 1.82) is 0 Å². The minimum atomic E-state index is -0.970. The molecule has 1 aliphatic rings. The fraction of sp³-hybridized carbons (Fsp3) is 0.286. The average molecular weight is 174 g/mol. The summed E-state index contributed by atoms with van der Waals surface area (Å²) < 4.78 is 0.